The highest BCUT2D eigenvalue weighted by molar-refractivity contribution is 7.26. The van der Waals surface area contributed by atoms with Gasteiger partial charge in [0.05, 0.1) is 0 Å². The number of benzene rings is 7. The molecule has 8 aromatic rings. The molecule has 0 saturated carbocycles. The molecule has 7 aromatic carbocycles. The average Bonchev–Trinajstić information content (AvgIpc) is 3.80. The van der Waals surface area contributed by atoms with Gasteiger partial charge in [0.2, 0.25) is 0 Å². The van der Waals surface area contributed by atoms with Crippen LogP contribution < -0.4 is 26.2 Å². The van der Waals surface area contributed by atoms with E-state index in [1.54, 1.807) is 0 Å². The van der Waals surface area contributed by atoms with Crippen LogP contribution in [-0.2, 0) is 37.9 Å². The molecule has 0 radical (unpaired) electrons. The van der Waals surface area contributed by atoms with E-state index in [1.165, 1.54) is 170 Å². The Bertz CT molecular complexity index is 3810. The second kappa shape index (κ2) is 16.0. The van der Waals surface area contributed by atoms with Crippen molar-refractivity contribution in [3.63, 3.8) is 0 Å². The summed E-state index contributed by atoms with van der Waals surface area (Å²) >= 11 is 1.99. The van der Waals surface area contributed by atoms with Gasteiger partial charge < -0.3 is 9.80 Å². The highest BCUT2D eigenvalue weighted by atomic mass is 32.1. The lowest BCUT2D eigenvalue weighted by molar-refractivity contribution is 0.332. The quantitative estimate of drug-likeness (QED) is 0.163. The molecule has 0 amide bonds. The second-order valence-electron chi connectivity index (χ2n) is 29.5. The van der Waals surface area contributed by atoms with Gasteiger partial charge in [-0.05, 0) is 222 Å². The third-order valence-electron chi connectivity index (χ3n) is 20.5. The molecular formula is C72H81BN2S. The zero-order valence-corrected chi connectivity index (χ0v) is 49.8. The molecular weight excluding hydrogens is 936 g/mol. The van der Waals surface area contributed by atoms with Crippen molar-refractivity contribution in [2.45, 2.75) is 194 Å². The Labute approximate surface area is 460 Å². The summed E-state index contributed by atoms with van der Waals surface area (Å²) in [5.74, 6) is 0. The van der Waals surface area contributed by atoms with Crippen LogP contribution in [0, 0.1) is 13.8 Å². The molecule has 0 atom stereocenters. The minimum absolute atomic E-state index is 0.000571. The molecule has 3 heterocycles. The minimum atomic E-state index is 0.000571. The lowest BCUT2D eigenvalue weighted by Gasteiger charge is -2.48. The maximum absolute atomic E-state index is 2.76. The summed E-state index contributed by atoms with van der Waals surface area (Å²) in [5.41, 5.74) is 28.1. The van der Waals surface area contributed by atoms with E-state index in [9.17, 15) is 0 Å². The highest BCUT2D eigenvalue weighted by Crippen LogP contribution is 2.56. The van der Waals surface area contributed by atoms with E-state index in [0.29, 0.717) is 0 Å². The number of hydrogen-bond acceptors (Lipinski definition) is 3. The molecule has 76 heavy (non-hydrogen) atoms. The van der Waals surface area contributed by atoms with Crippen molar-refractivity contribution in [2.75, 3.05) is 9.80 Å². The topological polar surface area (TPSA) is 6.48 Å². The van der Waals surface area contributed by atoms with Gasteiger partial charge in [-0.15, -0.1) is 11.3 Å². The Kier molecular flexibility index (Phi) is 10.5. The summed E-state index contributed by atoms with van der Waals surface area (Å²) in [6.07, 6.45) is 7.07. The largest absolute Gasteiger partial charge is 0.311 e. The van der Waals surface area contributed by atoms with Gasteiger partial charge in [0.15, 0.2) is 0 Å². The first-order chi connectivity index (χ1) is 35.6. The lowest BCUT2D eigenvalue weighted by atomic mass is 9.33. The standard InChI is InChI=1S/C72H81BN2S/c1-42-20-18-19-21-47(42)44-33-61-65-62(34-44)75(58-39-54-51(32-43(58)2)68(8,9)28-30-71(54,14)15)59-37-49-48-24-22-45(66(3,4)5)35-63(48)76-64(49)41-57(59)73(65)56-38-53-55(72(16,17)31-29-70(53,12)13)40-60(56)74(61)46-23-25-50-52(36-46)69(10,11)27-26-67(50,6)7/h18-25,32-41H,26-31H2,1-17H3. The molecule has 1 aromatic heterocycles. The molecule has 2 nitrogen and oxygen atoms in total. The van der Waals surface area contributed by atoms with Gasteiger partial charge in [-0.1, -0.05) is 158 Å². The van der Waals surface area contributed by atoms with Crippen LogP contribution >= 0.6 is 11.3 Å². The lowest BCUT2D eigenvalue weighted by Crippen LogP contribution is -2.62. The van der Waals surface area contributed by atoms with Crippen LogP contribution in [0.5, 0.6) is 0 Å². The van der Waals surface area contributed by atoms with E-state index in [0.717, 1.165) is 0 Å². The number of thiophene rings is 1. The Morgan fingerprint density at radius 2 is 0.921 bits per heavy atom. The van der Waals surface area contributed by atoms with Gasteiger partial charge in [0.25, 0.3) is 6.71 Å². The first-order valence-corrected chi connectivity index (χ1v) is 29.7. The molecule has 5 aliphatic rings. The number of aryl methyl sites for hydroxylation is 2. The Morgan fingerprint density at radius 3 is 1.53 bits per heavy atom. The van der Waals surface area contributed by atoms with E-state index in [2.05, 4.69) is 237 Å². The maximum Gasteiger partial charge on any atom is 0.252 e. The zero-order valence-electron chi connectivity index (χ0n) is 49.0. The van der Waals surface area contributed by atoms with Crippen molar-refractivity contribution in [2.24, 2.45) is 0 Å². The van der Waals surface area contributed by atoms with Crippen molar-refractivity contribution in [3.8, 4) is 11.1 Å². The first kappa shape index (κ1) is 50.0. The first-order valence-electron chi connectivity index (χ1n) is 28.9. The van der Waals surface area contributed by atoms with E-state index in [4.69, 9.17) is 0 Å². The molecule has 3 aliphatic carbocycles. The third-order valence-corrected chi connectivity index (χ3v) is 21.6. The van der Waals surface area contributed by atoms with Crippen LogP contribution in [0.2, 0.25) is 0 Å². The SMILES string of the molecule is Cc1ccccc1-c1cc2c3c(c1)N(c1cc4c(cc1C)C(C)(C)CCC4(C)C)c1cc4c(cc1B3c1cc3c(cc1N2c1ccc2c(c1)C(C)(C)CCC2(C)C)C(C)(C)CCC3(C)C)sc1cc(C(C)(C)C)ccc14. The van der Waals surface area contributed by atoms with Crippen LogP contribution in [0.15, 0.2) is 109 Å². The van der Waals surface area contributed by atoms with Crippen molar-refractivity contribution >= 4 is 88.7 Å². The predicted octanol–water partition coefficient (Wildman–Crippen LogP) is 18.8. The minimum Gasteiger partial charge on any atom is -0.311 e. The molecule has 4 heteroatoms. The summed E-state index contributed by atoms with van der Waals surface area (Å²) in [6, 6.07) is 45.2. The van der Waals surface area contributed by atoms with Crippen LogP contribution in [0.1, 0.15) is 192 Å². The fraction of sp³-hybridized carbons (Fsp3) is 0.417. The smallest absolute Gasteiger partial charge is 0.252 e. The van der Waals surface area contributed by atoms with E-state index in [1.807, 2.05) is 11.3 Å². The van der Waals surface area contributed by atoms with E-state index in [-0.39, 0.29) is 44.6 Å². The molecule has 0 bridgehead atoms. The van der Waals surface area contributed by atoms with Gasteiger partial charge in [-0.3, -0.25) is 0 Å². The molecule has 0 fully saturated rings. The highest BCUT2D eigenvalue weighted by Gasteiger charge is 2.49. The van der Waals surface area contributed by atoms with E-state index < -0.39 is 0 Å². The number of fused-ring (bicyclic) bond motifs is 10. The van der Waals surface area contributed by atoms with Crippen molar-refractivity contribution in [1.29, 1.82) is 0 Å². The number of anilines is 6. The second-order valence-corrected chi connectivity index (χ2v) is 30.6. The molecule has 0 spiro atoms. The van der Waals surface area contributed by atoms with Gasteiger partial charge in [0, 0.05) is 54.3 Å². The fourth-order valence-corrected chi connectivity index (χ4v) is 16.2. The summed E-state index contributed by atoms with van der Waals surface area (Å²) in [7, 11) is 0. The molecule has 2 aliphatic heterocycles. The monoisotopic (exact) mass is 1020 g/mol. The van der Waals surface area contributed by atoms with E-state index >= 15 is 0 Å². The van der Waals surface area contributed by atoms with Crippen molar-refractivity contribution in [3.05, 3.63) is 159 Å². The van der Waals surface area contributed by atoms with Crippen LogP contribution in [0.4, 0.5) is 34.1 Å². The zero-order chi connectivity index (χ0) is 53.8. The molecule has 388 valence electrons. The Morgan fingerprint density at radius 1 is 0.421 bits per heavy atom. The number of rotatable bonds is 3. The maximum atomic E-state index is 2.76. The summed E-state index contributed by atoms with van der Waals surface area (Å²) < 4.78 is 2.74. The molecule has 0 unspecified atom stereocenters. The summed E-state index contributed by atoms with van der Waals surface area (Å²) in [5, 5.41) is 2.71. The summed E-state index contributed by atoms with van der Waals surface area (Å²) in [6.45, 7) is 41.6. The van der Waals surface area contributed by atoms with Crippen LogP contribution in [-0.4, -0.2) is 6.71 Å². The van der Waals surface area contributed by atoms with Crippen LogP contribution in [0.3, 0.4) is 0 Å². The van der Waals surface area contributed by atoms with Crippen molar-refractivity contribution < 1.29 is 0 Å². The molecule has 13 rings (SSSR count). The summed E-state index contributed by atoms with van der Waals surface area (Å²) in [4.78, 5) is 5.52. The van der Waals surface area contributed by atoms with Gasteiger partial charge in [-0.25, -0.2) is 0 Å². The predicted molar refractivity (Wildman–Crippen MR) is 333 cm³/mol. The Hall–Kier alpha value is -5.58. The number of hydrogen-bond donors (Lipinski definition) is 0. The van der Waals surface area contributed by atoms with Gasteiger partial charge in [-0.2, -0.15) is 0 Å². The van der Waals surface area contributed by atoms with Gasteiger partial charge >= 0.3 is 0 Å². The average molecular weight is 1020 g/mol. The molecule has 0 saturated heterocycles. The van der Waals surface area contributed by atoms with Gasteiger partial charge in [0.1, 0.15) is 0 Å². The molecule has 0 N–H and O–H groups in total. The van der Waals surface area contributed by atoms with Crippen LogP contribution in [0.25, 0.3) is 31.3 Å². The fourth-order valence-electron chi connectivity index (χ4n) is 15.0. The van der Waals surface area contributed by atoms with Crippen molar-refractivity contribution in [1.82, 2.24) is 0 Å². The normalized spacial score (nSPS) is 19.9. The Balaban J connectivity index is 1.20. The number of nitrogens with zero attached hydrogens (tertiary/aromatic N) is 2. The third kappa shape index (κ3) is 7.30.